The molecular weight excluding hydrogens is 418 g/mol. The molecule has 33 heavy (non-hydrogen) atoms. The normalized spacial score (nSPS) is 12.8. The summed E-state index contributed by atoms with van der Waals surface area (Å²) >= 11 is 0. The van der Waals surface area contributed by atoms with Crippen molar-refractivity contribution in [3.63, 3.8) is 0 Å². The van der Waals surface area contributed by atoms with Gasteiger partial charge in [0, 0.05) is 24.3 Å². The molecular formula is C26H31N3O4. The molecule has 2 atom stereocenters. The molecule has 5 N–H and O–H groups in total. The Kier molecular flexibility index (Phi) is 8.95. The van der Waals surface area contributed by atoms with Crippen molar-refractivity contribution in [2.45, 2.75) is 45.1 Å². The third kappa shape index (κ3) is 7.68. The number of hydrogen-bond donors (Lipinski definition) is 5. The Labute approximate surface area is 194 Å². The van der Waals surface area contributed by atoms with Gasteiger partial charge < -0.3 is 26.0 Å². The molecule has 0 saturated heterocycles. The molecule has 3 rings (SSSR count). The van der Waals surface area contributed by atoms with E-state index in [0.29, 0.717) is 30.6 Å². The number of hydrogen-bond acceptors (Lipinski definition) is 6. The summed E-state index contributed by atoms with van der Waals surface area (Å²) in [4.78, 5) is 16.4. The van der Waals surface area contributed by atoms with Crippen LogP contribution in [-0.4, -0.2) is 38.8 Å². The quantitative estimate of drug-likeness (QED) is 0.307. The number of aliphatic hydroxyl groups is 2. The summed E-state index contributed by atoms with van der Waals surface area (Å²) < 4.78 is 0. The summed E-state index contributed by atoms with van der Waals surface area (Å²) in [6.07, 6.45) is 2.05. The maximum Gasteiger partial charge on any atom is 0.224 e. The van der Waals surface area contributed by atoms with Crippen molar-refractivity contribution in [2.75, 3.05) is 6.54 Å². The highest BCUT2D eigenvalue weighted by molar-refractivity contribution is 5.78. The lowest BCUT2D eigenvalue weighted by molar-refractivity contribution is -0.120. The number of aromatic hydroxyl groups is 1. The van der Waals surface area contributed by atoms with Gasteiger partial charge in [0.05, 0.1) is 31.4 Å². The van der Waals surface area contributed by atoms with Crippen molar-refractivity contribution in [1.29, 1.82) is 0 Å². The molecule has 0 spiro atoms. The van der Waals surface area contributed by atoms with Crippen LogP contribution in [0.5, 0.6) is 5.75 Å². The van der Waals surface area contributed by atoms with Crippen LogP contribution >= 0.6 is 0 Å². The van der Waals surface area contributed by atoms with Gasteiger partial charge in [0.15, 0.2) is 0 Å². The smallest absolute Gasteiger partial charge is 0.224 e. The first-order valence-electron chi connectivity index (χ1n) is 11.0. The van der Waals surface area contributed by atoms with Gasteiger partial charge in [-0.15, -0.1) is 0 Å². The van der Waals surface area contributed by atoms with Crippen molar-refractivity contribution < 1.29 is 20.1 Å². The molecule has 7 nitrogen and oxygen atoms in total. The van der Waals surface area contributed by atoms with Crippen LogP contribution in [0.2, 0.25) is 0 Å². The first-order valence-corrected chi connectivity index (χ1v) is 11.0. The second-order valence-electron chi connectivity index (χ2n) is 8.17. The molecule has 1 amide bonds. The van der Waals surface area contributed by atoms with Crippen molar-refractivity contribution in [1.82, 2.24) is 15.6 Å². The number of aliphatic hydroxyl groups excluding tert-OH is 2. The second-order valence-corrected chi connectivity index (χ2v) is 8.17. The lowest BCUT2D eigenvalue weighted by Crippen LogP contribution is -2.32. The van der Waals surface area contributed by atoms with E-state index in [9.17, 15) is 20.1 Å². The fourth-order valence-corrected chi connectivity index (χ4v) is 3.53. The van der Waals surface area contributed by atoms with Gasteiger partial charge in [0.2, 0.25) is 5.91 Å². The lowest BCUT2D eigenvalue weighted by Gasteiger charge is -2.18. The van der Waals surface area contributed by atoms with Gasteiger partial charge in [-0.3, -0.25) is 9.78 Å². The summed E-state index contributed by atoms with van der Waals surface area (Å²) in [6, 6.07) is 18.4. The number of amides is 1. The molecule has 0 radical (unpaired) electrons. The van der Waals surface area contributed by atoms with Gasteiger partial charge in [0.1, 0.15) is 5.75 Å². The van der Waals surface area contributed by atoms with E-state index in [1.165, 1.54) is 6.07 Å². The minimum absolute atomic E-state index is 0.0175. The largest absolute Gasteiger partial charge is 0.508 e. The number of carbonyl (C=O) groups is 1. The number of carbonyl (C=O) groups excluding carboxylic acids is 1. The van der Waals surface area contributed by atoms with E-state index < -0.39 is 6.10 Å². The van der Waals surface area contributed by atoms with E-state index in [4.69, 9.17) is 0 Å². The minimum Gasteiger partial charge on any atom is -0.508 e. The Morgan fingerprint density at radius 3 is 2.52 bits per heavy atom. The standard InChI is InChI=1S/C26H31N3O4/c1-18(28-16-25(32)21-9-10-24(31)22(14-21)17-30)12-19-5-7-20(8-6-19)13-26(33)29-15-23-4-2-3-11-27-23/h2-11,14,18,25,28,30-32H,12-13,15-17H2,1H3,(H,29,33)/t18?,25-/m0/s1. The van der Waals surface area contributed by atoms with E-state index in [1.807, 2.05) is 49.4 Å². The maximum atomic E-state index is 12.2. The number of rotatable bonds is 11. The molecule has 7 heteroatoms. The fraction of sp³-hybridized carbons (Fsp3) is 0.308. The average Bonchev–Trinajstić information content (AvgIpc) is 2.83. The van der Waals surface area contributed by atoms with Crippen molar-refractivity contribution >= 4 is 5.91 Å². The summed E-state index contributed by atoms with van der Waals surface area (Å²) in [5, 5.41) is 35.5. The summed E-state index contributed by atoms with van der Waals surface area (Å²) in [7, 11) is 0. The molecule has 0 aliphatic carbocycles. The third-order valence-electron chi connectivity index (χ3n) is 5.44. The van der Waals surface area contributed by atoms with Crippen LogP contribution in [0.15, 0.2) is 66.9 Å². The molecule has 0 aliphatic heterocycles. The van der Waals surface area contributed by atoms with E-state index in [1.54, 1.807) is 18.3 Å². The van der Waals surface area contributed by atoms with Gasteiger partial charge in [0.25, 0.3) is 0 Å². The molecule has 0 fully saturated rings. The Balaban J connectivity index is 1.42. The molecule has 1 aromatic heterocycles. The molecule has 1 heterocycles. The van der Waals surface area contributed by atoms with Crippen molar-refractivity contribution in [3.05, 3.63) is 94.8 Å². The lowest BCUT2D eigenvalue weighted by atomic mass is 10.0. The number of aromatic nitrogens is 1. The van der Waals surface area contributed by atoms with E-state index in [2.05, 4.69) is 15.6 Å². The van der Waals surface area contributed by atoms with Crippen LogP contribution in [0.1, 0.15) is 41.0 Å². The Morgan fingerprint density at radius 1 is 1.06 bits per heavy atom. The number of pyridine rings is 1. The molecule has 174 valence electrons. The topological polar surface area (TPSA) is 115 Å². The highest BCUT2D eigenvalue weighted by Gasteiger charge is 2.12. The number of phenols is 1. The molecule has 2 aromatic carbocycles. The Hall–Kier alpha value is -3.26. The zero-order chi connectivity index (χ0) is 23.6. The zero-order valence-corrected chi connectivity index (χ0v) is 18.7. The highest BCUT2D eigenvalue weighted by Crippen LogP contribution is 2.22. The first-order chi connectivity index (χ1) is 15.9. The molecule has 3 aromatic rings. The van der Waals surface area contributed by atoms with Gasteiger partial charge in [-0.1, -0.05) is 36.4 Å². The first kappa shape index (κ1) is 24.4. The van der Waals surface area contributed by atoms with Crippen LogP contribution in [0.25, 0.3) is 0 Å². The fourth-order valence-electron chi connectivity index (χ4n) is 3.53. The summed E-state index contributed by atoms with van der Waals surface area (Å²) in [5.74, 6) is -0.0279. The SMILES string of the molecule is CC(Cc1ccc(CC(=O)NCc2ccccn2)cc1)NC[C@H](O)c1ccc(O)c(CO)c1. The van der Waals surface area contributed by atoms with Crippen molar-refractivity contribution in [2.24, 2.45) is 0 Å². The summed E-state index contributed by atoms with van der Waals surface area (Å²) in [6.45, 7) is 2.53. The molecule has 1 unspecified atom stereocenters. The van der Waals surface area contributed by atoms with Crippen LogP contribution in [0, 0.1) is 0 Å². The van der Waals surface area contributed by atoms with Crippen LogP contribution in [-0.2, 0) is 30.8 Å². The van der Waals surface area contributed by atoms with E-state index in [-0.39, 0.29) is 24.3 Å². The second kappa shape index (κ2) is 12.1. The number of nitrogens with zero attached hydrogens (tertiary/aromatic N) is 1. The van der Waals surface area contributed by atoms with E-state index in [0.717, 1.165) is 23.2 Å². The average molecular weight is 450 g/mol. The zero-order valence-electron chi connectivity index (χ0n) is 18.7. The molecule has 0 bridgehead atoms. The molecule has 0 saturated carbocycles. The Bertz CT molecular complexity index is 1030. The predicted molar refractivity (Wildman–Crippen MR) is 126 cm³/mol. The van der Waals surface area contributed by atoms with Gasteiger partial charge in [-0.25, -0.2) is 0 Å². The van der Waals surface area contributed by atoms with Gasteiger partial charge in [-0.05, 0) is 54.3 Å². The predicted octanol–water partition coefficient (Wildman–Crippen LogP) is 2.39. The minimum atomic E-state index is -0.745. The van der Waals surface area contributed by atoms with E-state index >= 15 is 0 Å². The number of nitrogens with one attached hydrogen (secondary N) is 2. The van der Waals surface area contributed by atoms with Gasteiger partial charge >= 0.3 is 0 Å². The van der Waals surface area contributed by atoms with Crippen LogP contribution in [0.4, 0.5) is 0 Å². The number of benzene rings is 2. The third-order valence-corrected chi connectivity index (χ3v) is 5.44. The van der Waals surface area contributed by atoms with Gasteiger partial charge in [-0.2, -0.15) is 0 Å². The van der Waals surface area contributed by atoms with Crippen molar-refractivity contribution in [3.8, 4) is 5.75 Å². The summed E-state index contributed by atoms with van der Waals surface area (Å²) in [5.41, 5.74) is 3.94. The van der Waals surface area contributed by atoms with Crippen LogP contribution in [0.3, 0.4) is 0 Å². The maximum absolute atomic E-state index is 12.2. The van der Waals surface area contributed by atoms with Crippen LogP contribution < -0.4 is 10.6 Å². The Morgan fingerprint density at radius 2 is 1.82 bits per heavy atom. The monoisotopic (exact) mass is 449 g/mol. The molecule has 0 aliphatic rings. The highest BCUT2D eigenvalue weighted by atomic mass is 16.3.